The molecule has 0 saturated heterocycles. The highest BCUT2D eigenvalue weighted by atomic mass is 32.2. The van der Waals surface area contributed by atoms with Crippen molar-refractivity contribution in [3.8, 4) is 5.75 Å². The molecular formula is C14H15N3O3S. The highest BCUT2D eigenvalue weighted by molar-refractivity contribution is 7.99. The molecule has 1 aromatic heterocycles. The van der Waals surface area contributed by atoms with E-state index >= 15 is 0 Å². The van der Waals surface area contributed by atoms with Crippen LogP contribution in [0.5, 0.6) is 5.75 Å². The minimum atomic E-state index is -0.971. The summed E-state index contributed by atoms with van der Waals surface area (Å²) < 4.78 is 7.34. The number of hydrogen-bond acceptors (Lipinski definition) is 5. The van der Waals surface area contributed by atoms with E-state index in [1.807, 2.05) is 25.2 Å². The lowest BCUT2D eigenvalue weighted by atomic mass is 10.2. The maximum Gasteiger partial charge on any atom is 0.328 e. The monoisotopic (exact) mass is 305 g/mol. The predicted octanol–water partition coefficient (Wildman–Crippen LogP) is 2.08. The van der Waals surface area contributed by atoms with Crippen LogP contribution in [-0.4, -0.2) is 38.2 Å². The summed E-state index contributed by atoms with van der Waals surface area (Å²) in [5.74, 6) is 0.490. The molecule has 1 N–H and O–H groups in total. The first-order chi connectivity index (χ1) is 10.1. The summed E-state index contributed by atoms with van der Waals surface area (Å²) in [6.45, 7) is 0.531. The number of carboxylic acid groups (broad SMARTS) is 1. The average molecular weight is 305 g/mol. The Morgan fingerprint density at radius 1 is 1.52 bits per heavy atom. The lowest BCUT2D eigenvalue weighted by Crippen LogP contribution is -2.02. The Labute approximate surface area is 126 Å². The van der Waals surface area contributed by atoms with Crippen LogP contribution < -0.4 is 4.74 Å². The Kier molecular flexibility index (Phi) is 5.39. The molecule has 0 aliphatic rings. The first-order valence-electron chi connectivity index (χ1n) is 6.26. The van der Waals surface area contributed by atoms with Gasteiger partial charge in [-0.25, -0.2) is 14.5 Å². The van der Waals surface area contributed by atoms with Crippen molar-refractivity contribution in [3.63, 3.8) is 0 Å². The number of aliphatic carboxylic acids is 1. The van der Waals surface area contributed by atoms with E-state index in [1.165, 1.54) is 12.4 Å². The fourth-order valence-electron chi connectivity index (χ4n) is 1.58. The summed E-state index contributed by atoms with van der Waals surface area (Å²) in [7, 11) is 1.84. The number of benzene rings is 1. The molecule has 6 nitrogen and oxygen atoms in total. The average Bonchev–Trinajstić information content (AvgIpc) is 2.87. The first kappa shape index (κ1) is 15.1. The number of thioether (sulfide) groups is 1. The van der Waals surface area contributed by atoms with E-state index in [4.69, 9.17) is 9.84 Å². The number of carbonyl (C=O) groups is 1. The van der Waals surface area contributed by atoms with Crippen molar-refractivity contribution < 1.29 is 14.6 Å². The maximum absolute atomic E-state index is 10.5. The normalized spacial score (nSPS) is 10.9. The molecule has 0 spiro atoms. The minimum Gasteiger partial charge on any atom is -0.493 e. The zero-order valence-corrected chi connectivity index (χ0v) is 12.3. The standard InChI is InChI=1S/C14H15N3O3S/c1-17-14(15-10-16-17)21-8-7-20-12-4-2-3-11(9-12)5-6-13(18)19/h2-6,9-10H,7-8H2,1H3,(H,18,19)/b6-5+. The molecule has 0 bridgehead atoms. The second-order valence-electron chi connectivity index (χ2n) is 4.11. The van der Waals surface area contributed by atoms with E-state index in [0.29, 0.717) is 12.4 Å². The fraction of sp³-hybridized carbons (Fsp3) is 0.214. The number of rotatable bonds is 7. The van der Waals surface area contributed by atoms with Gasteiger partial charge in [0.25, 0.3) is 0 Å². The topological polar surface area (TPSA) is 77.2 Å². The van der Waals surface area contributed by atoms with Gasteiger partial charge in [0.05, 0.1) is 6.61 Å². The molecule has 110 valence electrons. The Bertz CT molecular complexity index is 640. The van der Waals surface area contributed by atoms with Crippen LogP contribution in [0.4, 0.5) is 0 Å². The second-order valence-corrected chi connectivity index (χ2v) is 5.17. The minimum absolute atomic E-state index is 0.531. The maximum atomic E-state index is 10.5. The van der Waals surface area contributed by atoms with Crippen LogP contribution in [0.3, 0.4) is 0 Å². The second kappa shape index (κ2) is 7.49. The van der Waals surface area contributed by atoms with Crippen molar-refractivity contribution in [2.24, 2.45) is 7.05 Å². The van der Waals surface area contributed by atoms with Crippen LogP contribution >= 0.6 is 11.8 Å². The Balaban J connectivity index is 1.82. The van der Waals surface area contributed by atoms with E-state index in [-0.39, 0.29) is 0 Å². The van der Waals surface area contributed by atoms with Crippen LogP contribution in [0.1, 0.15) is 5.56 Å². The Morgan fingerprint density at radius 2 is 2.38 bits per heavy atom. The van der Waals surface area contributed by atoms with Crippen molar-refractivity contribution in [1.82, 2.24) is 14.8 Å². The summed E-state index contributed by atoms with van der Waals surface area (Å²) in [6.07, 6.45) is 4.15. The molecular weight excluding hydrogens is 290 g/mol. The third kappa shape index (κ3) is 4.96. The summed E-state index contributed by atoms with van der Waals surface area (Å²) in [5.41, 5.74) is 0.788. The number of aryl methyl sites for hydroxylation is 1. The van der Waals surface area contributed by atoms with Crippen LogP contribution in [0.2, 0.25) is 0 Å². The molecule has 21 heavy (non-hydrogen) atoms. The van der Waals surface area contributed by atoms with E-state index in [0.717, 1.165) is 22.5 Å². The molecule has 0 aliphatic carbocycles. The molecule has 1 aromatic carbocycles. The molecule has 2 aromatic rings. The van der Waals surface area contributed by atoms with Crippen LogP contribution in [0.15, 0.2) is 41.8 Å². The lowest BCUT2D eigenvalue weighted by molar-refractivity contribution is -0.131. The molecule has 0 fully saturated rings. The van der Waals surface area contributed by atoms with Crippen molar-refractivity contribution in [2.45, 2.75) is 5.16 Å². The van der Waals surface area contributed by atoms with Gasteiger partial charge in [0.15, 0.2) is 5.16 Å². The van der Waals surface area contributed by atoms with Crippen molar-refractivity contribution >= 4 is 23.8 Å². The van der Waals surface area contributed by atoms with E-state index < -0.39 is 5.97 Å². The molecule has 0 aliphatic heterocycles. The highest BCUT2D eigenvalue weighted by Crippen LogP contribution is 2.16. The number of nitrogens with zero attached hydrogens (tertiary/aromatic N) is 3. The number of carboxylic acids is 1. The third-order valence-corrected chi connectivity index (χ3v) is 3.53. The van der Waals surface area contributed by atoms with Gasteiger partial charge in [-0.1, -0.05) is 23.9 Å². The fourth-order valence-corrected chi connectivity index (χ4v) is 2.29. The van der Waals surface area contributed by atoms with Crippen LogP contribution in [-0.2, 0) is 11.8 Å². The van der Waals surface area contributed by atoms with Gasteiger partial charge in [-0.15, -0.1) is 0 Å². The summed E-state index contributed by atoms with van der Waals surface area (Å²) in [6, 6.07) is 7.28. The van der Waals surface area contributed by atoms with Crippen LogP contribution in [0, 0.1) is 0 Å². The smallest absolute Gasteiger partial charge is 0.328 e. The van der Waals surface area contributed by atoms with Crippen LogP contribution in [0.25, 0.3) is 6.08 Å². The summed E-state index contributed by atoms with van der Waals surface area (Å²) in [5, 5.41) is 13.4. The molecule has 0 unspecified atom stereocenters. The van der Waals surface area contributed by atoms with Gasteiger partial charge < -0.3 is 9.84 Å². The molecule has 0 atom stereocenters. The SMILES string of the molecule is Cn1ncnc1SCCOc1cccc(/C=C/C(=O)O)c1. The van der Waals surface area contributed by atoms with Gasteiger partial charge in [0.2, 0.25) is 0 Å². The quantitative estimate of drug-likeness (QED) is 0.479. The number of aromatic nitrogens is 3. The molecule has 0 saturated carbocycles. The lowest BCUT2D eigenvalue weighted by Gasteiger charge is -2.06. The molecule has 2 rings (SSSR count). The summed E-state index contributed by atoms with van der Waals surface area (Å²) in [4.78, 5) is 14.6. The predicted molar refractivity (Wildman–Crippen MR) is 80.3 cm³/mol. The third-order valence-electron chi connectivity index (χ3n) is 2.53. The van der Waals surface area contributed by atoms with Gasteiger partial charge >= 0.3 is 5.97 Å². The Hall–Kier alpha value is -2.28. The van der Waals surface area contributed by atoms with E-state index in [2.05, 4.69) is 10.1 Å². The zero-order valence-electron chi connectivity index (χ0n) is 11.5. The molecule has 7 heteroatoms. The molecule has 0 radical (unpaired) electrons. The number of ether oxygens (including phenoxy) is 1. The zero-order chi connectivity index (χ0) is 15.1. The number of hydrogen-bond donors (Lipinski definition) is 1. The van der Waals surface area contributed by atoms with E-state index in [1.54, 1.807) is 22.5 Å². The van der Waals surface area contributed by atoms with Gasteiger partial charge in [0, 0.05) is 18.9 Å². The van der Waals surface area contributed by atoms with E-state index in [9.17, 15) is 4.79 Å². The molecule has 1 heterocycles. The van der Waals surface area contributed by atoms with Gasteiger partial charge in [-0.05, 0) is 23.8 Å². The van der Waals surface area contributed by atoms with Crippen molar-refractivity contribution in [2.75, 3.05) is 12.4 Å². The summed E-state index contributed by atoms with van der Waals surface area (Å²) >= 11 is 1.56. The first-order valence-corrected chi connectivity index (χ1v) is 7.24. The Morgan fingerprint density at radius 3 is 3.10 bits per heavy atom. The van der Waals surface area contributed by atoms with Gasteiger partial charge in [-0.2, -0.15) is 5.10 Å². The highest BCUT2D eigenvalue weighted by Gasteiger charge is 2.01. The molecule has 0 amide bonds. The van der Waals surface area contributed by atoms with Gasteiger partial charge in [0.1, 0.15) is 12.1 Å². The largest absolute Gasteiger partial charge is 0.493 e. The van der Waals surface area contributed by atoms with Crippen molar-refractivity contribution in [1.29, 1.82) is 0 Å². The van der Waals surface area contributed by atoms with Gasteiger partial charge in [-0.3, -0.25) is 0 Å². The van der Waals surface area contributed by atoms with Crippen molar-refractivity contribution in [3.05, 3.63) is 42.2 Å².